The maximum atomic E-state index is 9.22. The number of amidine groups is 1. The highest BCUT2D eigenvalue weighted by Gasteiger charge is 2.41. The Bertz CT molecular complexity index is 442. The maximum Gasteiger partial charge on any atom is 0.170 e. The average Bonchev–Trinajstić information content (AvgIpc) is 3.19. The first kappa shape index (κ1) is 12.9. The number of aliphatic hydroxyl groups excluding tert-OH is 1. The Morgan fingerprint density at radius 3 is 2.72 bits per heavy atom. The number of rotatable bonds is 6. The molecule has 98 valence electrons. The lowest BCUT2D eigenvalue weighted by molar-refractivity contribution is 0.207. The monoisotopic (exact) mass is 249 g/mol. The van der Waals surface area contributed by atoms with Crippen LogP contribution in [0.3, 0.4) is 0 Å². The number of hydrogen-bond acceptors (Lipinski definition) is 4. The topological polar surface area (TPSA) is 90.9 Å². The van der Waals surface area contributed by atoms with Gasteiger partial charge in [0.15, 0.2) is 5.84 Å². The molecule has 18 heavy (non-hydrogen) atoms. The van der Waals surface area contributed by atoms with E-state index in [-0.39, 0.29) is 17.9 Å². The average molecular weight is 249 g/mol. The SMILES string of the molecule is N/C(=N/O)c1ccccc1CNCC1(CO)CC1. The lowest BCUT2D eigenvalue weighted by atomic mass is 10.1. The van der Waals surface area contributed by atoms with Gasteiger partial charge in [0.1, 0.15) is 0 Å². The summed E-state index contributed by atoms with van der Waals surface area (Å²) in [5.74, 6) is 0.121. The number of nitrogens with zero attached hydrogens (tertiary/aromatic N) is 1. The van der Waals surface area contributed by atoms with Gasteiger partial charge in [-0.3, -0.25) is 0 Å². The molecule has 0 aliphatic heterocycles. The van der Waals surface area contributed by atoms with E-state index in [9.17, 15) is 5.11 Å². The molecule has 0 bridgehead atoms. The normalized spacial score (nSPS) is 17.7. The van der Waals surface area contributed by atoms with Crippen LogP contribution in [0.15, 0.2) is 29.4 Å². The molecule has 0 unspecified atom stereocenters. The quantitative estimate of drug-likeness (QED) is 0.258. The largest absolute Gasteiger partial charge is 0.409 e. The van der Waals surface area contributed by atoms with Crippen molar-refractivity contribution in [3.05, 3.63) is 35.4 Å². The molecule has 0 heterocycles. The summed E-state index contributed by atoms with van der Waals surface area (Å²) < 4.78 is 0. The van der Waals surface area contributed by atoms with Crippen molar-refractivity contribution in [2.75, 3.05) is 13.2 Å². The van der Waals surface area contributed by atoms with E-state index < -0.39 is 0 Å². The van der Waals surface area contributed by atoms with Crippen molar-refractivity contribution >= 4 is 5.84 Å². The molecule has 2 rings (SSSR count). The van der Waals surface area contributed by atoms with Crippen LogP contribution in [0.4, 0.5) is 0 Å². The van der Waals surface area contributed by atoms with Crippen molar-refractivity contribution in [1.29, 1.82) is 0 Å². The highest BCUT2D eigenvalue weighted by Crippen LogP contribution is 2.44. The molecule has 0 aromatic heterocycles. The predicted octanol–water partition coefficient (Wildman–Crippen LogP) is 0.643. The molecule has 5 heteroatoms. The second-order valence-electron chi connectivity index (χ2n) is 4.90. The van der Waals surface area contributed by atoms with Gasteiger partial charge in [0.2, 0.25) is 0 Å². The first-order chi connectivity index (χ1) is 8.71. The molecule has 1 saturated carbocycles. The van der Waals surface area contributed by atoms with Gasteiger partial charge in [-0.25, -0.2) is 0 Å². The molecule has 0 amide bonds. The van der Waals surface area contributed by atoms with Crippen LogP contribution < -0.4 is 11.1 Å². The number of hydrogen-bond donors (Lipinski definition) is 4. The van der Waals surface area contributed by atoms with E-state index in [0.717, 1.165) is 30.5 Å². The van der Waals surface area contributed by atoms with Gasteiger partial charge >= 0.3 is 0 Å². The van der Waals surface area contributed by atoms with Gasteiger partial charge in [-0.05, 0) is 18.4 Å². The van der Waals surface area contributed by atoms with Crippen LogP contribution in [-0.2, 0) is 6.54 Å². The molecule has 1 fully saturated rings. The first-order valence-corrected chi connectivity index (χ1v) is 6.08. The highest BCUT2D eigenvalue weighted by atomic mass is 16.4. The van der Waals surface area contributed by atoms with Crippen LogP contribution in [0.1, 0.15) is 24.0 Å². The Morgan fingerprint density at radius 1 is 1.39 bits per heavy atom. The van der Waals surface area contributed by atoms with Crippen LogP contribution in [-0.4, -0.2) is 29.3 Å². The van der Waals surface area contributed by atoms with Crippen molar-refractivity contribution in [2.45, 2.75) is 19.4 Å². The minimum atomic E-state index is 0.0888. The zero-order chi connectivity index (χ0) is 13.0. The van der Waals surface area contributed by atoms with Gasteiger partial charge in [0, 0.05) is 30.7 Å². The Labute approximate surface area is 106 Å². The van der Waals surface area contributed by atoms with Crippen LogP contribution >= 0.6 is 0 Å². The van der Waals surface area contributed by atoms with E-state index in [1.165, 1.54) is 0 Å². The summed E-state index contributed by atoms with van der Waals surface area (Å²) in [4.78, 5) is 0. The summed E-state index contributed by atoms with van der Waals surface area (Å²) >= 11 is 0. The third-order valence-electron chi connectivity index (χ3n) is 3.51. The molecular formula is C13H19N3O2. The summed E-state index contributed by atoms with van der Waals surface area (Å²) in [5.41, 5.74) is 7.44. The molecule has 0 atom stereocenters. The zero-order valence-electron chi connectivity index (χ0n) is 10.3. The van der Waals surface area contributed by atoms with Gasteiger partial charge < -0.3 is 21.4 Å². The molecule has 0 saturated heterocycles. The maximum absolute atomic E-state index is 9.22. The number of nitrogens with two attached hydrogens (primary N) is 1. The molecule has 0 radical (unpaired) electrons. The molecule has 5 nitrogen and oxygen atoms in total. The van der Waals surface area contributed by atoms with E-state index in [4.69, 9.17) is 10.9 Å². The van der Waals surface area contributed by atoms with Crippen molar-refractivity contribution in [3.63, 3.8) is 0 Å². The summed E-state index contributed by atoms with van der Waals surface area (Å²) in [7, 11) is 0. The second-order valence-corrected chi connectivity index (χ2v) is 4.90. The first-order valence-electron chi connectivity index (χ1n) is 6.08. The number of benzene rings is 1. The summed E-state index contributed by atoms with van der Waals surface area (Å²) in [6, 6.07) is 7.54. The minimum absolute atomic E-state index is 0.0888. The summed E-state index contributed by atoms with van der Waals surface area (Å²) in [6.45, 7) is 1.68. The molecule has 0 spiro atoms. The van der Waals surface area contributed by atoms with E-state index in [1.54, 1.807) is 0 Å². The second kappa shape index (κ2) is 5.37. The predicted molar refractivity (Wildman–Crippen MR) is 69.4 cm³/mol. The van der Waals surface area contributed by atoms with Crippen molar-refractivity contribution in [1.82, 2.24) is 5.32 Å². The lowest BCUT2D eigenvalue weighted by Crippen LogP contribution is -2.27. The van der Waals surface area contributed by atoms with E-state index in [1.807, 2.05) is 24.3 Å². The fraction of sp³-hybridized carbons (Fsp3) is 0.462. The Balaban J connectivity index is 1.97. The third-order valence-corrected chi connectivity index (χ3v) is 3.51. The van der Waals surface area contributed by atoms with Crippen molar-refractivity contribution in [2.24, 2.45) is 16.3 Å². The van der Waals surface area contributed by atoms with Crippen molar-refractivity contribution in [3.8, 4) is 0 Å². The van der Waals surface area contributed by atoms with Crippen LogP contribution in [0.5, 0.6) is 0 Å². The lowest BCUT2D eigenvalue weighted by Gasteiger charge is -2.14. The number of oxime groups is 1. The van der Waals surface area contributed by atoms with Crippen LogP contribution in [0.2, 0.25) is 0 Å². The van der Waals surface area contributed by atoms with Gasteiger partial charge in [0.05, 0.1) is 0 Å². The van der Waals surface area contributed by atoms with E-state index >= 15 is 0 Å². The van der Waals surface area contributed by atoms with Crippen molar-refractivity contribution < 1.29 is 10.3 Å². The fourth-order valence-corrected chi connectivity index (χ4v) is 2.01. The smallest absolute Gasteiger partial charge is 0.170 e. The highest BCUT2D eigenvalue weighted by molar-refractivity contribution is 5.98. The van der Waals surface area contributed by atoms with E-state index in [2.05, 4.69) is 10.5 Å². The standard InChI is InChI=1S/C13H19N3O2/c14-12(16-18)11-4-2-1-3-10(11)7-15-8-13(9-17)5-6-13/h1-4,15,17-18H,5-9H2,(H2,14,16). The molecule has 1 aliphatic rings. The van der Waals surface area contributed by atoms with E-state index in [0.29, 0.717) is 6.54 Å². The van der Waals surface area contributed by atoms with Crippen LogP contribution in [0.25, 0.3) is 0 Å². The summed E-state index contributed by atoms with van der Waals surface area (Å²) in [6.07, 6.45) is 2.16. The number of aliphatic hydroxyl groups is 1. The molecule has 5 N–H and O–H groups in total. The molecular weight excluding hydrogens is 230 g/mol. The molecule has 1 aliphatic carbocycles. The summed E-state index contributed by atoms with van der Waals surface area (Å²) in [5, 5.41) is 24.3. The van der Waals surface area contributed by atoms with Crippen LogP contribution in [0, 0.1) is 5.41 Å². The molecule has 1 aromatic carbocycles. The Kier molecular flexibility index (Phi) is 3.84. The van der Waals surface area contributed by atoms with Gasteiger partial charge in [0.25, 0.3) is 0 Å². The molecule has 1 aromatic rings. The van der Waals surface area contributed by atoms with Gasteiger partial charge in [-0.15, -0.1) is 0 Å². The fourth-order valence-electron chi connectivity index (χ4n) is 2.01. The van der Waals surface area contributed by atoms with Gasteiger partial charge in [-0.1, -0.05) is 29.4 Å². The Hall–Kier alpha value is -1.59. The van der Waals surface area contributed by atoms with Gasteiger partial charge in [-0.2, -0.15) is 0 Å². The number of nitrogens with one attached hydrogen (secondary N) is 1. The Morgan fingerprint density at radius 2 is 2.11 bits per heavy atom. The minimum Gasteiger partial charge on any atom is -0.409 e. The third kappa shape index (κ3) is 2.80. The zero-order valence-corrected chi connectivity index (χ0v) is 10.3.